The summed E-state index contributed by atoms with van der Waals surface area (Å²) >= 11 is 0. The zero-order valence-corrected chi connectivity index (χ0v) is 9.68. The summed E-state index contributed by atoms with van der Waals surface area (Å²) in [4.78, 5) is 11.3. The van der Waals surface area contributed by atoms with Crippen molar-refractivity contribution in [1.29, 1.82) is 0 Å². The van der Waals surface area contributed by atoms with E-state index in [0.717, 1.165) is 12.8 Å². The van der Waals surface area contributed by atoms with Crippen LogP contribution in [-0.2, 0) is 9.53 Å². The molecule has 2 heteroatoms. The van der Waals surface area contributed by atoms with Crippen LogP contribution in [0.5, 0.6) is 0 Å². The number of carbonyl (C=O) groups is 1. The van der Waals surface area contributed by atoms with E-state index >= 15 is 0 Å². The minimum atomic E-state index is 0.356. The van der Waals surface area contributed by atoms with Crippen molar-refractivity contribution < 1.29 is 9.53 Å². The van der Waals surface area contributed by atoms with Gasteiger partial charge >= 0.3 is 0 Å². The molecular weight excluding hydrogens is 176 g/mol. The van der Waals surface area contributed by atoms with Crippen molar-refractivity contribution in [1.82, 2.24) is 0 Å². The lowest BCUT2D eigenvalue weighted by atomic mass is 10.1. The second kappa shape index (κ2) is 10.7. The summed E-state index contributed by atoms with van der Waals surface area (Å²) in [6.07, 6.45) is 7.44. The molecule has 0 aromatic heterocycles. The Kier molecular flexibility index (Phi) is 10.4. The van der Waals surface area contributed by atoms with Gasteiger partial charge in [0.1, 0.15) is 5.78 Å². The number of Topliss-reactive ketones (excluding diaryl/α,β-unsaturated/α-hetero) is 1. The molecule has 0 N–H and O–H groups in total. The van der Waals surface area contributed by atoms with Gasteiger partial charge in [-0.25, -0.2) is 0 Å². The third kappa shape index (κ3) is 9.72. The summed E-state index contributed by atoms with van der Waals surface area (Å²) in [7, 11) is 0. The molecule has 0 aromatic rings. The van der Waals surface area contributed by atoms with E-state index in [1.165, 1.54) is 25.7 Å². The van der Waals surface area contributed by atoms with Crippen LogP contribution in [0.15, 0.2) is 0 Å². The van der Waals surface area contributed by atoms with Gasteiger partial charge in [0.15, 0.2) is 0 Å². The Morgan fingerprint density at radius 3 is 2.36 bits per heavy atom. The van der Waals surface area contributed by atoms with E-state index in [1.807, 2.05) is 6.92 Å². The van der Waals surface area contributed by atoms with E-state index in [2.05, 4.69) is 6.92 Å². The topological polar surface area (TPSA) is 26.3 Å². The minimum Gasteiger partial charge on any atom is -0.381 e. The van der Waals surface area contributed by atoms with Crippen molar-refractivity contribution >= 4 is 5.78 Å². The van der Waals surface area contributed by atoms with E-state index in [1.54, 1.807) is 0 Å². The van der Waals surface area contributed by atoms with Gasteiger partial charge in [0.05, 0.1) is 6.61 Å². The Balaban J connectivity index is 3.10. The van der Waals surface area contributed by atoms with Crippen LogP contribution in [0.3, 0.4) is 0 Å². The Labute approximate surface area is 88.0 Å². The molecular formula is C12H24O2. The fourth-order valence-electron chi connectivity index (χ4n) is 1.38. The van der Waals surface area contributed by atoms with Crippen LogP contribution >= 0.6 is 0 Å². The molecule has 0 saturated heterocycles. The SMILES string of the molecule is CCCCCCCC(=O)CCOCC. The zero-order valence-electron chi connectivity index (χ0n) is 9.68. The van der Waals surface area contributed by atoms with Crippen LogP contribution in [0, 0.1) is 0 Å². The Bertz CT molecular complexity index is 132. The molecule has 0 rings (SSSR count). The highest BCUT2D eigenvalue weighted by Crippen LogP contribution is 2.06. The van der Waals surface area contributed by atoms with E-state index in [0.29, 0.717) is 25.4 Å². The molecule has 0 aromatic carbocycles. The molecule has 0 radical (unpaired) electrons. The van der Waals surface area contributed by atoms with Crippen LogP contribution in [0.1, 0.15) is 58.8 Å². The molecule has 2 nitrogen and oxygen atoms in total. The molecule has 0 bridgehead atoms. The lowest BCUT2D eigenvalue weighted by molar-refractivity contribution is -0.120. The normalized spacial score (nSPS) is 10.4. The van der Waals surface area contributed by atoms with Crippen LogP contribution in [0.25, 0.3) is 0 Å². The highest BCUT2D eigenvalue weighted by molar-refractivity contribution is 5.78. The fraction of sp³-hybridized carbons (Fsp3) is 0.917. The number of ether oxygens (including phenoxy) is 1. The molecule has 0 aliphatic carbocycles. The second-order valence-electron chi connectivity index (χ2n) is 3.65. The first kappa shape index (κ1) is 13.6. The minimum absolute atomic E-state index is 0.356. The van der Waals surface area contributed by atoms with Crippen molar-refractivity contribution in [2.75, 3.05) is 13.2 Å². The quantitative estimate of drug-likeness (QED) is 0.505. The maximum Gasteiger partial charge on any atom is 0.135 e. The predicted octanol–water partition coefficient (Wildman–Crippen LogP) is 3.34. The number of ketones is 1. The molecule has 0 aliphatic heterocycles. The monoisotopic (exact) mass is 200 g/mol. The van der Waals surface area contributed by atoms with Gasteiger partial charge in [0.25, 0.3) is 0 Å². The maximum atomic E-state index is 11.3. The molecule has 0 amide bonds. The molecule has 0 saturated carbocycles. The van der Waals surface area contributed by atoms with Crippen LogP contribution < -0.4 is 0 Å². The van der Waals surface area contributed by atoms with Gasteiger partial charge in [0, 0.05) is 19.4 Å². The molecule has 0 heterocycles. The van der Waals surface area contributed by atoms with E-state index < -0.39 is 0 Å². The average Bonchev–Trinajstić information content (AvgIpc) is 2.18. The first-order valence-electron chi connectivity index (χ1n) is 5.90. The van der Waals surface area contributed by atoms with Gasteiger partial charge in [0.2, 0.25) is 0 Å². The molecule has 0 unspecified atom stereocenters. The standard InChI is InChI=1S/C12H24O2/c1-3-5-6-7-8-9-12(13)10-11-14-4-2/h3-11H2,1-2H3. The molecule has 0 aliphatic rings. The van der Waals surface area contributed by atoms with Gasteiger partial charge in [-0.1, -0.05) is 32.6 Å². The maximum absolute atomic E-state index is 11.3. The van der Waals surface area contributed by atoms with Crippen molar-refractivity contribution in [2.24, 2.45) is 0 Å². The Morgan fingerprint density at radius 2 is 1.71 bits per heavy atom. The second-order valence-corrected chi connectivity index (χ2v) is 3.65. The number of rotatable bonds is 10. The van der Waals surface area contributed by atoms with Gasteiger partial charge in [-0.15, -0.1) is 0 Å². The summed E-state index contributed by atoms with van der Waals surface area (Å²) in [5, 5.41) is 0. The van der Waals surface area contributed by atoms with E-state index in [-0.39, 0.29) is 0 Å². The lowest BCUT2D eigenvalue weighted by Crippen LogP contribution is -2.03. The summed E-state index contributed by atoms with van der Waals surface area (Å²) in [6.45, 7) is 5.47. The molecule has 84 valence electrons. The van der Waals surface area contributed by atoms with Crippen molar-refractivity contribution in [3.8, 4) is 0 Å². The van der Waals surface area contributed by atoms with Crippen molar-refractivity contribution in [3.63, 3.8) is 0 Å². The van der Waals surface area contributed by atoms with Crippen LogP contribution in [0.4, 0.5) is 0 Å². The highest BCUT2D eigenvalue weighted by Gasteiger charge is 2.00. The Hall–Kier alpha value is -0.370. The van der Waals surface area contributed by atoms with Gasteiger partial charge in [-0.3, -0.25) is 4.79 Å². The average molecular weight is 200 g/mol. The third-order valence-electron chi connectivity index (χ3n) is 2.29. The van der Waals surface area contributed by atoms with Crippen LogP contribution in [0.2, 0.25) is 0 Å². The smallest absolute Gasteiger partial charge is 0.135 e. The van der Waals surface area contributed by atoms with Gasteiger partial charge < -0.3 is 4.74 Å². The fourth-order valence-corrected chi connectivity index (χ4v) is 1.38. The third-order valence-corrected chi connectivity index (χ3v) is 2.29. The lowest BCUT2D eigenvalue weighted by Gasteiger charge is -2.01. The van der Waals surface area contributed by atoms with Crippen molar-refractivity contribution in [3.05, 3.63) is 0 Å². The van der Waals surface area contributed by atoms with Crippen molar-refractivity contribution in [2.45, 2.75) is 58.8 Å². The van der Waals surface area contributed by atoms with E-state index in [9.17, 15) is 4.79 Å². The number of carbonyl (C=O) groups excluding carboxylic acids is 1. The first-order chi connectivity index (χ1) is 6.81. The number of unbranched alkanes of at least 4 members (excludes halogenated alkanes) is 4. The summed E-state index contributed by atoms with van der Waals surface area (Å²) in [5.74, 6) is 0.356. The van der Waals surface area contributed by atoms with E-state index in [4.69, 9.17) is 4.74 Å². The summed E-state index contributed by atoms with van der Waals surface area (Å²) in [6, 6.07) is 0. The summed E-state index contributed by atoms with van der Waals surface area (Å²) < 4.78 is 5.13. The first-order valence-corrected chi connectivity index (χ1v) is 5.90. The summed E-state index contributed by atoms with van der Waals surface area (Å²) in [5.41, 5.74) is 0. The zero-order chi connectivity index (χ0) is 10.6. The Morgan fingerprint density at radius 1 is 1.00 bits per heavy atom. The molecule has 0 fully saturated rings. The number of hydrogen-bond acceptors (Lipinski definition) is 2. The molecule has 14 heavy (non-hydrogen) atoms. The van der Waals surface area contributed by atoms with Gasteiger partial charge in [-0.2, -0.15) is 0 Å². The predicted molar refractivity (Wildman–Crippen MR) is 59.5 cm³/mol. The van der Waals surface area contributed by atoms with Gasteiger partial charge in [-0.05, 0) is 13.3 Å². The largest absolute Gasteiger partial charge is 0.381 e. The molecule has 0 spiro atoms. The van der Waals surface area contributed by atoms with Crippen LogP contribution in [-0.4, -0.2) is 19.0 Å². The highest BCUT2D eigenvalue weighted by atomic mass is 16.5. The number of hydrogen-bond donors (Lipinski definition) is 0. The molecule has 0 atom stereocenters.